The maximum Gasteiger partial charge on any atom is 0.472 e. The summed E-state index contributed by atoms with van der Waals surface area (Å²) in [7, 11) is 1.54. The third-order valence-corrected chi connectivity index (χ3v) is 13.4. The monoisotopic (exact) mass is 962 g/mol. The number of phosphoric ester groups is 1. The number of hydrogen-bond acceptors (Lipinski definition) is 5. The van der Waals surface area contributed by atoms with Crippen molar-refractivity contribution in [3.05, 3.63) is 60.8 Å². The van der Waals surface area contributed by atoms with E-state index in [2.05, 4.69) is 67.8 Å². The molecule has 0 aromatic rings. The molecule has 392 valence electrons. The largest absolute Gasteiger partial charge is 0.472 e. The number of nitrogens with one attached hydrogen (secondary N) is 1. The molecule has 0 aliphatic heterocycles. The number of carbonyl (C=O) groups excluding carboxylic acids is 1. The number of likely N-dealkylation sites (N-methyl/N-ethyl adjacent to an activating group) is 1. The molecular formula is C58H110N2O6P+. The van der Waals surface area contributed by atoms with Crippen molar-refractivity contribution in [2.45, 2.75) is 264 Å². The molecule has 3 atom stereocenters. The molecule has 3 unspecified atom stereocenters. The summed E-state index contributed by atoms with van der Waals surface area (Å²) in [5.74, 6) is -0.199. The zero-order valence-electron chi connectivity index (χ0n) is 44.6. The Morgan fingerprint density at radius 3 is 1.33 bits per heavy atom. The maximum absolute atomic E-state index is 12.9. The van der Waals surface area contributed by atoms with Gasteiger partial charge in [-0.25, -0.2) is 4.57 Å². The van der Waals surface area contributed by atoms with Crippen LogP contribution in [0.25, 0.3) is 0 Å². The molecule has 9 heteroatoms. The molecule has 8 nitrogen and oxygen atoms in total. The van der Waals surface area contributed by atoms with Crippen molar-refractivity contribution in [1.82, 2.24) is 5.32 Å². The van der Waals surface area contributed by atoms with E-state index in [1.165, 1.54) is 167 Å². The second-order valence-electron chi connectivity index (χ2n) is 20.3. The van der Waals surface area contributed by atoms with Crippen molar-refractivity contribution >= 4 is 13.7 Å². The first-order valence-corrected chi connectivity index (χ1v) is 29.7. The first-order chi connectivity index (χ1) is 32.5. The third-order valence-electron chi connectivity index (χ3n) is 12.5. The molecule has 0 rings (SSSR count). The van der Waals surface area contributed by atoms with Crippen LogP contribution in [-0.4, -0.2) is 73.4 Å². The highest BCUT2D eigenvalue weighted by atomic mass is 31.2. The highest BCUT2D eigenvalue weighted by Crippen LogP contribution is 2.43. The lowest BCUT2D eigenvalue weighted by molar-refractivity contribution is -0.870. The van der Waals surface area contributed by atoms with E-state index in [4.69, 9.17) is 9.05 Å². The van der Waals surface area contributed by atoms with Crippen LogP contribution in [0.5, 0.6) is 0 Å². The Hall–Kier alpha value is -1.80. The van der Waals surface area contributed by atoms with Gasteiger partial charge in [0.05, 0.1) is 39.9 Å². The van der Waals surface area contributed by atoms with Gasteiger partial charge in [-0.3, -0.25) is 13.8 Å². The van der Waals surface area contributed by atoms with Crippen LogP contribution in [0.15, 0.2) is 60.8 Å². The minimum atomic E-state index is -4.36. The molecule has 1 amide bonds. The molecule has 0 spiro atoms. The predicted molar refractivity (Wildman–Crippen MR) is 290 cm³/mol. The number of amides is 1. The number of carbonyl (C=O) groups is 1. The quantitative estimate of drug-likeness (QED) is 0.0243. The van der Waals surface area contributed by atoms with Crippen molar-refractivity contribution < 1.29 is 32.9 Å². The molecule has 0 bridgehead atoms. The topological polar surface area (TPSA) is 105 Å². The highest BCUT2D eigenvalue weighted by molar-refractivity contribution is 7.47. The number of unbranched alkanes of at least 4 members (excludes halogenated alkanes) is 30. The number of hydrogen-bond donors (Lipinski definition) is 3. The fraction of sp³-hybridized carbons (Fsp3) is 0.810. The van der Waals surface area contributed by atoms with Crippen molar-refractivity contribution in [2.24, 2.45) is 0 Å². The van der Waals surface area contributed by atoms with Crippen LogP contribution in [0, 0.1) is 0 Å². The van der Waals surface area contributed by atoms with Gasteiger partial charge in [0.25, 0.3) is 0 Å². The maximum atomic E-state index is 12.9. The third kappa shape index (κ3) is 51.9. The lowest BCUT2D eigenvalue weighted by Crippen LogP contribution is -2.45. The van der Waals surface area contributed by atoms with Gasteiger partial charge in [-0.05, 0) is 70.6 Å². The van der Waals surface area contributed by atoms with Gasteiger partial charge in [0.1, 0.15) is 13.2 Å². The number of rotatable bonds is 51. The summed E-state index contributed by atoms with van der Waals surface area (Å²) in [6.07, 6.45) is 66.1. The normalized spacial score (nSPS) is 14.4. The van der Waals surface area contributed by atoms with E-state index in [9.17, 15) is 19.4 Å². The van der Waals surface area contributed by atoms with Gasteiger partial charge in [-0.15, -0.1) is 0 Å². The average Bonchev–Trinajstić information content (AvgIpc) is 3.29. The second-order valence-corrected chi connectivity index (χ2v) is 21.8. The number of nitrogens with zero attached hydrogens (tertiary/aromatic N) is 1. The Bertz CT molecular complexity index is 1270. The van der Waals surface area contributed by atoms with E-state index < -0.39 is 20.0 Å². The standard InChI is InChI=1S/C58H109N2O6P/c1-6-8-10-12-14-16-18-20-22-24-26-27-28-29-30-31-32-34-35-37-39-41-43-45-47-49-51-57(61)56(55-66-67(63,64)65-54-53-60(3,4)5)59-58(62)52-50-48-46-44-42-40-38-36-33-25-23-21-19-17-15-13-11-9-7-2/h15,17,21,23,33,36,41,43,49,51,56-57,61H,6-14,16,18-20,22,24-32,34-35,37-40,42,44-48,50,52-55H2,1-5H3,(H-,59,62,63,64)/p+1/b17-15-,23-21-,36-33-,43-41+,51-49+. The Morgan fingerprint density at radius 1 is 0.507 bits per heavy atom. The molecular weight excluding hydrogens is 852 g/mol. The first-order valence-electron chi connectivity index (χ1n) is 28.2. The molecule has 67 heavy (non-hydrogen) atoms. The summed E-state index contributed by atoms with van der Waals surface area (Å²) in [6.45, 7) is 4.77. The van der Waals surface area contributed by atoms with Crippen molar-refractivity contribution in [1.29, 1.82) is 0 Å². The lowest BCUT2D eigenvalue weighted by Gasteiger charge is -2.25. The van der Waals surface area contributed by atoms with Gasteiger partial charge < -0.3 is 19.8 Å². The number of quaternary nitrogens is 1. The van der Waals surface area contributed by atoms with E-state index in [0.717, 1.165) is 64.2 Å². The highest BCUT2D eigenvalue weighted by Gasteiger charge is 2.27. The molecule has 0 aliphatic rings. The van der Waals surface area contributed by atoms with E-state index in [1.54, 1.807) is 6.08 Å². The second kappa shape index (κ2) is 49.2. The van der Waals surface area contributed by atoms with Crippen molar-refractivity contribution in [3.8, 4) is 0 Å². The van der Waals surface area contributed by atoms with E-state index in [1.807, 2.05) is 27.2 Å². The van der Waals surface area contributed by atoms with Gasteiger partial charge in [0, 0.05) is 6.42 Å². The molecule has 0 heterocycles. The summed E-state index contributed by atoms with van der Waals surface area (Å²) < 4.78 is 23.7. The van der Waals surface area contributed by atoms with E-state index >= 15 is 0 Å². The van der Waals surface area contributed by atoms with Gasteiger partial charge >= 0.3 is 7.82 Å². The predicted octanol–water partition coefficient (Wildman–Crippen LogP) is 16.9. The summed E-state index contributed by atoms with van der Waals surface area (Å²) in [4.78, 5) is 23.3. The number of aliphatic hydroxyl groups excluding tert-OH is 1. The molecule has 0 saturated heterocycles. The summed E-state index contributed by atoms with van der Waals surface area (Å²) in [5.41, 5.74) is 0. The Kier molecular flexibility index (Phi) is 47.9. The Balaban J connectivity index is 4.29. The molecule has 3 N–H and O–H groups in total. The summed E-state index contributed by atoms with van der Waals surface area (Å²) in [6, 6.07) is -0.873. The minimum Gasteiger partial charge on any atom is -0.387 e. The number of aliphatic hydroxyl groups is 1. The molecule has 0 aliphatic carbocycles. The van der Waals surface area contributed by atoms with Crippen LogP contribution in [0.3, 0.4) is 0 Å². The van der Waals surface area contributed by atoms with Crippen LogP contribution in [0.4, 0.5) is 0 Å². The van der Waals surface area contributed by atoms with Crippen LogP contribution in [-0.2, 0) is 18.4 Å². The van der Waals surface area contributed by atoms with Crippen LogP contribution in [0.2, 0.25) is 0 Å². The van der Waals surface area contributed by atoms with Crippen molar-refractivity contribution in [3.63, 3.8) is 0 Å². The molecule has 0 saturated carbocycles. The van der Waals surface area contributed by atoms with Gasteiger partial charge in [0.2, 0.25) is 5.91 Å². The number of allylic oxidation sites excluding steroid dienone is 9. The van der Waals surface area contributed by atoms with Crippen LogP contribution >= 0.6 is 7.82 Å². The molecule has 0 fully saturated rings. The van der Waals surface area contributed by atoms with Crippen molar-refractivity contribution in [2.75, 3.05) is 40.9 Å². The summed E-state index contributed by atoms with van der Waals surface area (Å²) >= 11 is 0. The number of phosphoric acid groups is 1. The first kappa shape index (κ1) is 65.2. The minimum absolute atomic E-state index is 0.0513. The van der Waals surface area contributed by atoms with Gasteiger partial charge in [0.15, 0.2) is 0 Å². The smallest absolute Gasteiger partial charge is 0.387 e. The van der Waals surface area contributed by atoms with Gasteiger partial charge in [-0.1, -0.05) is 235 Å². The van der Waals surface area contributed by atoms with Gasteiger partial charge in [-0.2, -0.15) is 0 Å². The average molecular weight is 962 g/mol. The van der Waals surface area contributed by atoms with Crippen LogP contribution < -0.4 is 5.32 Å². The fourth-order valence-electron chi connectivity index (χ4n) is 8.01. The Morgan fingerprint density at radius 2 is 0.866 bits per heavy atom. The summed E-state index contributed by atoms with van der Waals surface area (Å²) in [5, 5.41) is 13.9. The SMILES string of the molecule is CCCCC/C=C\C/C=C\C/C=C\CCCCCCCCC(=O)NC(COP(=O)(O)OCC[N+](C)(C)C)C(O)/C=C/CC/C=C/CCCCCCCCCCCCCCCCCCCCCC. The zero-order chi connectivity index (χ0) is 49.2. The van der Waals surface area contributed by atoms with E-state index in [-0.39, 0.29) is 19.1 Å². The molecule has 0 aromatic carbocycles. The molecule has 0 radical (unpaired) electrons. The fourth-order valence-corrected chi connectivity index (χ4v) is 8.74. The lowest BCUT2D eigenvalue weighted by atomic mass is 10.0. The Labute approximate surface area is 415 Å². The van der Waals surface area contributed by atoms with Crippen LogP contribution in [0.1, 0.15) is 251 Å². The van der Waals surface area contributed by atoms with E-state index in [0.29, 0.717) is 17.4 Å². The zero-order valence-corrected chi connectivity index (χ0v) is 45.5. The molecule has 0 aromatic heterocycles.